The minimum atomic E-state index is -1.78. The number of hydrogen-bond donors (Lipinski definition) is 12. The van der Waals surface area contributed by atoms with Gasteiger partial charge in [0.15, 0.2) is 24.7 Å². The maximum atomic E-state index is 14.6. The van der Waals surface area contributed by atoms with E-state index in [0.717, 1.165) is 12.0 Å². The normalized spacial score (nSPS) is 53.7. The first kappa shape index (κ1) is 50.1. The largest absolute Gasteiger partial charge is 0.394 e. The van der Waals surface area contributed by atoms with Crippen molar-refractivity contribution in [2.45, 2.75) is 189 Å². The van der Waals surface area contributed by atoms with Crippen LogP contribution in [-0.2, 0) is 38.0 Å². The number of aliphatic hydroxyl groups excluding tert-OH is 11. The zero-order valence-electron chi connectivity index (χ0n) is 37.5. The van der Waals surface area contributed by atoms with Gasteiger partial charge in [-0.05, 0) is 67.6 Å². The molecule has 8 aliphatic rings. The number of allylic oxidation sites excluding steroid dienone is 1. The van der Waals surface area contributed by atoms with Gasteiger partial charge in [-0.15, -0.1) is 0 Å². The van der Waals surface area contributed by atoms with Gasteiger partial charge < -0.3 is 94.4 Å². The van der Waals surface area contributed by atoms with Crippen LogP contribution in [-0.4, -0.2) is 204 Å². The van der Waals surface area contributed by atoms with Crippen molar-refractivity contribution < 1.29 is 99.2 Å². The van der Waals surface area contributed by atoms with Gasteiger partial charge in [0.1, 0.15) is 79.0 Å². The van der Waals surface area contributed by atoms with Crippen LogP contribution in [0.4, 0.5) is 0 Å². The van der Waals surface area contributed by atoms with Gasteiger partial charge in [0.25, 0.3) is 0 Å². The highest BCUT2D eigenvalue weighted by Crippen LogP contribution is 2.69. The molecule has 0 amide bonds. The van der Waals surface area contributed by atoms with Crippen molar-refractivity contribution in [2.24, 2.45) is 46.3 Å². The Morgan fingerprint density at radius 3 is 1.98 bits per heavy atom. The lowest BCUT2D eigenvalue weighted by atomic mass is 9.46. The number of carbonyl (C=O) groups excluding carboxylic acids is 1. The predicted molar refractivity (Wildman–Crippen MR) is 219 cm³/mol. The minimum absolute atomic E-state index is 0.0473. The van der Waals surface area contributed by atoms with Gasteiger partial charge in [-0.2, -0.15) is 0 Å². The van der Waals surface area contributed by atoms with E-state index in [-0.39, 0.29) is 65.8 Å². The van der Waals surface area contributed by atoms with E-state index < -0.39 is 129 Å². The fourth-order valence-electron chi connectivity index (χ4n) is 13.3. The average molecular weight is 933 g/mol. The number of rotatable bonds is 13. The third kappa shape index (κ3) is 8.60. The van der Waals surface area contributed by atoms with E-state index in [2.05, 4.69) is 19.9 Å². The standard InChI is InChI=1S/C45H72O20/c1-18(17-59-40-36(55)33(52)31(50)26(14-46)61-40)7-10-45(58)19(2)30-25(65-45)12-24-22-6-5-20-11-21(8-9-43(20,3)23(22)13-29(49)44(24,30)4)60-41-38(57)35(54)39(28(16-48)63-41)64-42-37(56)34(53)32(51)27(15-47)62-42/h5,18-19,21-28,30-42,46-48,50-58H,6-17H2,1-4H3/t18-,19+,21+,22?,23?,24?,25?,26-,27-,28-,30?,31-,32-,33+,34+,35-,36-,37-,38-,39+,40-,41-,42+,43+,44-,45?/m1/s1. The first-order valence-corrected chi connectivity index (χ1v) is 23.5. The van der Waals surface area contributed by atoms with Crippen LogP contribution in [0.5, 0.6) is 0 Å². The van der Waals surface area contributed by atoms with Crippen LogP contribution in [0.2, 0.25) is 0 Å². The molecule has 20 nitrogen and oxygen atoms in total. The number of fused-ring (bicyclic) bond motifs is 7. The van der Waals surface area contributed by atoms with Crippen LogP contribution in [0.3, 0.4) is 0 Å². The number of carbonyl (C=O) groups is 1. The highest BCUT2D eigenvalue weighted by molar-refractivity contribution is 5.87. The Balaban J connectivity index is 0.869. The van der Waals surface area contributed by atoms with E-state index in [4.69, 9.17) is 33.2 Å². The van der Waals surface area contributed by atoms with E-state index in [0.29, 0.717) is 38.5 Å². The lowest BCUT2D eigenvalue weighted by Crippen LogP contribution is -2.65. The number of hydrogen-bond acceptors (Lipinski definition) is 20. The van der Waals surface area contributed by atoms with Crippen molar-refractivity contribution in [1.29, 1.82) is 0 Å². The third-order valence-electron chi connectivity index (χ3n) is 17.3. The molecule has 20 heteroatoms. The van der Waals surface area contributed by atoms with Gasteiger partial charge in [-0.25, -0.2) is 0 Å². The summed E-state index contributed by atoms with van der Waals surface area (Å²) in [5.41, 5.74) is 0.155. The first-order valence-electron chi connectivity index (χ1n) is 23.5. The van der Waals surface area contributed by atoms with Crippen molar-refractivity contribution in [1.82, 2.24) is 0 Å². The molecule has 0 aromatic carbocycles. The predicted octanol–water partition coefficient (Wildman–Crippen LogP) is -2.68. The molecule has 0 radical (unpaired) electrons. The van der Waals surface area contributed by atoms with Gasteiger partial charge in [0.2, 0.25) is 0 Å². The van der Waals surface area contributed by atoms with E-state index in [1.807, 2.05) is 13.8 Å². The second kappa shape index (κ2) is 19.1. The highest BCUT2D eigenvalue weighted by Gasteiger charge is 2.71. The molecule has 6 unspecified atom stereocenters. The van der Waals surface area contributed by atoms with Gasteiger partial charge in [0, 0.05) is 30.1 Å². The van der Waals surface area contributed by atoms with E-state index in [1.54, 1.807) is 0 Å². The molecule has 0 aromatic heterocycles. The molecular formula is C45H72O20. The number of Topliss-reactive ketones (excluding diaryl/α,β-unsaturated/α-hetero) is 1. The zero-order chi connectivity index (χ0) is 47.1. The van der Waals surface area contributed by atoms with Crippen LogP contribution in [0.25, 0.3) is 0 Å². The second-order valence-corrected chi connectivity index (χ2v) is 20.9. The van der Waals surface area contributed by atoms with Crippen molar-refractivity contribution in [3.8, 4) is 0 Å². The van der Waals surface area contributed by atoms with Crippen LogP contribution >= 0.6 is 0 Å². The first-order chi connectivity index (χ1) is 30.7. The Morgan fingerprint density at radius 1 is 0.754 bits per heavy atom. The molecule has 65 heavy (non-hydrogen) atoms. The second-order valence-electron chi connectivity index (χ2n) is 20.9. The van der Waals surface area contributed by atoms with Gasteiger partial charge in [0.05, 0.1) is 38.6 Å². The van der Waals surface area contributed by atoms with E-state index >= 15 is 0 Å². The average Bonchev–Trinajstić information content (AvgIpc) is 3.73. The lowest BCUT2D eigenvalue weighted by molar-refractivity contribution is -0.363. The number of ketones is 1. The lowest BCUT2D eigenvalue weighted by Gasteiger charge is -2.57. The van der Waals surface area contributed by atoms with Crippen LogP contribution in [0.1, 0.15) is 79.1 Å². The Labute approximate surface area is 378 Å². The summed E-state index contributed by atoms with van der Waals surface area (Å²) in [5.74, 6) is -1.61. The third-order valence-corrected chi connectivity index (χ3v) is 17.3. The summed E-state index contributed by atoms with van der Waals surface area (Å²) in [6.07, 6.45) is -16.5. The van der Waals surface area contributed by atoms with Gasteiger partial charge >= 0.3 is 0 Å². The number of aliphatic hydroxyl groups is 12. The Kier molecular flexibility index (Phi) is 14.7. The molecule has 0 spiro atoms. The molecule has 12 N–H and O–H groups in total. The van der Waals surface area contributed by atoms with E-state index in [1.165, 1.54) is 0 Å². The smallest absolute Gasteiger partial charge is 0.187 e. The van der Waals surface area contributed by atoms with Crippen LogP contribution < -0.4 is 0 Å². The fourth-order valence-corrected chi connectivity index (χ4v) is 13.3. The van der Waals surface area contributed by atoms with Crippen molar-refractivity contribution in [3.63, 3.8) is 0 Å². The molecule has 4 aliphatic heterocycles. The molecule has 372 valence electrons. The molecule has 8 rings (SSSR count). The van der Waals surface area contributed by atoms with Crippen molar-refractivity contribution in [3.05, 3.63) is 11.6 Å². The number of ether oxygens (including phenoxy) is 7. The Morgan fingerprint density at radius 2 is 1.34 bits per heavy atom. The fraction of sp³-hybridized carbons (Fsp3) is 0.933. The maximum absolute atomic E-state index is 14.6. The minimum Gasteiger partial charge on any atom is -0.394 e. The topological polar surface area (TPSA) is 324 Å². The highest BCUT2D eigenvalue weighted by atomic mass is 16.7. The molecule has 26 atom stereocenters. The molecule has 7 fully saturated rings. The molecule has 0 bridgehead atoms. The summed E-state index contributed by atoms with van der Waals surface area (Å²) in [5, 5.41) is 125. The summed E-state index contributed by atoms with van der Waals surface area (Å²) in [4.78, 5) is 14.6. The summed E-state index contributed by atoms with van der Waals surface area (Å²) < 4.78 is 41.1. The van der Waals surface area contributed by atoms with Crippen molar-refractivity contribution >= 4 is 5.78 Å². The summed E-state index contributed by atoms with van der Waals surface area (Å²) in [7, 11) is 0. The molecule has 4 saturated heterocycles. The molecule has 0 aromatic rings. The summed E-state index contributed by atoms with van der Waals surface area (Å²) in [6, 6.07) is 0. The zero-order valence-corrected chi connectivity index (χ0v) is 37.5. The Bertz CT molecular complexity index is 1700. The van der Waals surface area contributed by atoms with Crippen LogP contribution in [0, 0.1) is 46.3 Å². The molecular weight excluding hydrogens is 860 g/mol. The Hall–Kier alpha value is -1.35. The SMILES string of the molecule is C[C@H](CCC1(O)OC2CC3C4CC=C5C[C@@H](O[C@@H]6O[C@H](CO)[C@H](O[C@@H]7O[C@H](CO)[C@@H](O)[C@H](O)[C@H]7O)[C@H](O)[C@H]6O)CC[C@]5(C)C4CC(=O)[C@]3(C)C2[C@@H]1C)CO[C@@H]1O[C@H](CO)[C@@H](O)[C@H](O)[C@H]1O. The molecule has 4 heterocycles. The maximum Gasteiger partial charge on any atom is 0.187 e. The monoisotopic (exact) mass is 932 g/mol. The van der Waals surface area contributed by atoms with Gasteiger partial charge in [-0.1, -0.05) is 39.3 Å². The molecule has 4 aliphatic carbocycles. The van der Waals surface area contributed by atoms with Crippen LogP contribution in [0.15, 0.2) is 11.6 Å². The van der Waals surface area contributed by atoms with Gasteiger partial charge in [-0.3, -0.25) is 4.79 Å². The molecule has 3 saturated carbocycles. The quantitative estimate of drug-likeness (QED) is 0.0838. The van der Waals surface area contributed by atoms with E-state index in [9.17, 15) is 66.1 Å². The summed E-state index contributed by atoms with van der Waals surface area (Å²) in [6.45, 7) is 6.34. The summed E-state index contributed by atoms with van der Waals surface area (Å²) >= 11 is 0. The van der Waals surface area contributed by atoms with Crippen molar-refractivity contribution in [2.75, 3.05) is 26.4 Å².